The minimum Gasteiger partial charge on any atom is -0.411 e. The summed E-state index contributed by atoms with van der Waals surface area (Å²) in [6, 6.07) is 13.3. The van der Waals surface area contributed by atoms with Gasteiger partial charge in [0.05, 0.1) is 16.2 Å². The summed E-state index contributed by atoms with van der Waals surface area (Å²) in [4.78, 5) is 19.6. The Morgan fingerprint density at radius 1 is 1.07 bits per heavy atom. The van der Waals surface area contributed by atoms with Crippen LogP contribution >= 0.6 is 11.8 Å². The van der Waals surface area contributed by atoms with E-state index >= 15 is 0 Å². The first-order chi connectivity index (χ1) is 13.0. The van der Waals surface area contributed by atoms with Gasteiger partial charge < -0.3 is 9.40 Å². The van der Waals surface area contributed by atoms with E-state index in [9.17, 15) is 4.79 Å². The summed E-state index contributed by atoms with van der Waals surface area (Å²) in [5, 5.41) is 9.13. The van der Waals surface area contributed by atoms with Crippen LogP contribution < -0.4 is 5.56 Å². The van der Waals surface area contributed by atoms with Crippen molar-refractivity contribution in [1.29, 1.82) is 0 Å². The van der Waals surface area contributed by atoms with Crippen LogP contribution in [-0.2, 0) is 0 Å². The van der Waals surface area contributed by atoms with Crippen LogP contribution in [0.2, 0.25) is 0 Å². The molecule has 2 aromatic heterocycles. The van der Waals surface area contributed by atoms with Crippen LogP contribution in [0.15, 0.2) is 56.9 Å². The number of hydrogen-bond acceptors (Lipinski definition) is 6. The van der Waals surface area contributed by atoms with E-state index in [2.05, 4.69) is 34.0 Å². The van der Waals surface area contributed by atoms with Gasteiger partial charge in [0.2, 0.25) is 5.89 Å². The predicted molar refractivity (Wildman–Crippen MR) is 106 cm³/mol. The number of thioether (sulfide) groups is 1. The van der Waals surface area contributed by atoms with E-state index in [0.717, 1.165) is 5.56 Å². The van der Waals surface area contributed by atoms with Gasteiger partial charge in [0.25, 0.3) is 10.8 Å². The Balaban J connectivity index is 1.58. The lowest BCUT2D eigenvalue weighted by Gasteiger charge is -2.08. The summed E-state index contributed by atoms with van der Waals surface area (Å²) in [5.41, 5.74) is 3.80. The minimum absolute atomic E-state index is 0.143. The maximum absolute atomic E-state index is 12.2. The first-order valence-electron chi connectivity index (χ1n) is 8.58. The molecule has 1 atom stereocenters. The topological polar surface area (TPSA) is 84.7 Å². The van der Waals surface area contributed by atoms with Gasteiger partial charge in [-0.3, -0.25) is 4.79 Å². The van der Waals surface area contributed by atoms with Gasteiger partial charge in [0.1, 0.15) is 5.82 Å². The summed E-state index contributed by atoms with van der Waals surface area (Å²) in [5.74, 6) is 1.06. The SMILES string of the molecule is Cc1ccc(-c2nnc(S[C@H](C)c3nc4ccccc4c(=O)[nH]3)o2)cc1C. The van der Waals surface area contributed by atoms with Crippen LogP contribution in [0.5, 0.6) is 0 Å². The van der Waals surface area contributed by atoms with Gasteiger partial charge in [-0.25, -0.2) is 4.98 Å². The number of aryl methyl sites for hydroxylation is 2. The third-order valence-corrected chi connectivity index (χ3v) is 5.40. The number of aromatic nitrogens is 4. The molecule has 27 heavy (non-hydrogen) atoms. The van der Waals surface area contributed by atoms with E-state index in [0.29, 0.717) is 27.8 Å². The second kappa shape index (κ2) is 7.00. The Hall–Kier alpha value is -2.93. The highest BCUT2D eigenvalue weighted by molar-refractivity contribution is 7.99. The summed E-state index contributed by atoms with van der Waals surface area (Å²) < 4.78 is 5.80. The van der Waals surface area contributed by atoms with E-state index in [1.54, 1.807) is 6.07 Å². The third kappa shape index (κ3) is 3.50. The zero-order chi connectivity index (χ0) is 19.0. The number of para-hydroxylation sites is 1. The molecular weight excluding hydrogens is 360 g/mol. The Morgan fingerprint density at radius 2 is 1.89 bits per heavy atom. The molecule has 0 spiro atoms. The molecule has 136 valence electrons. The highest BCUT2D eigenvalue weighted by Crippen LogP contribution is 2.33. The normalized spacial score (nSPS) is 12.4. The third-order valence-electron chi connectivity index (χ3n) is 4.45. The van der Waals surface area contributed by atoms with Crippen molar-refractivity contribution in [3.63, 3.8) is 0 Å². The fourth-order valence-corrected chi connectivity index (χ4v) is 3.49. The average Bonchev–Trinajstić information content (AvgIpc) is 3.12. The second-order valence-corrected chi connectivity index (χ2v) is 7.69. The van der Waals surface area contributed by atoms with Gasteiger partial charge in [0, 0.05) is 5.56 Å². The molecule has 0 fully saturated rings. The quantitative estimate of drug-likeness (QED) is 0.528. The zero-order valence-corrected chi connectivity index (χ0v) is 16.0. The lowest BCUT2D eigenvalue weighted by Crippen LogP contribution is -2.12. The Bertz CT molecular complexity index is 1180. The van der Waals surface area contributed by atoms with Crippen LogP contribution in [0.1, 0.15) is 29.1 Å². The molecule has 6 nitrogen and oxygen atoms in total. The Kier molecular flexibility index (Phi) is 4.53. The van der Waals surface area contributed by atoms with Crippen LogP contribution in [0.3, 0.4) is 0 Å². The van der Waals surface area contributed by atoms with Gasteiger partial charge in [-0.1, -0.05) is 30.0 Å². The molecule has 0 bridgehead atoms. The molecule has 7 heteroatoms. The maximum atomic E-state index is 12.2. The molecule has 1 N–H and O–H groups in total. The molecule has 0 amide bonds. The fourth-order valence-electron chi connectivity index (χ4n) is 2.75. The second-order valence-electron chi connectivity index (χ2n) is 6.40. The van der Waals surface area contributed by atoms with Gasteiger partial charge in [0.15, 0.2) is 0 Å². The molecule has 4 rings (SSSR count). The van der Waals surface area contributed by atoms with Crippen molar-refractivity contribution in [2.75, 3.05) is 0 Å². The van der Waals surface area contributed by atoms with Crippen molar-refractivity contribution in [2.24, 2.45) is 0 Å². The Morgan fingerprint density at radius 3 is 2.70 bits per heavy atom. The number of H-pyrrole nitrogens is 1. The number of hydrogen-bond donors (Lipinski definition) is 1. The largest absolute Gasteiger partial charge is 0.411 e. The summed E-state index contributed by atoms with van der Waals surface area (Å²) in [6.07, 6.45) is 0. The monoisotopic (exact) mass is 378 g/mol. The maximum Gasteiger partial charge on any atom is 0.277 e. The highest BCUT2D eigenvalue weighted by Gasteiger charge is 2.17. The van der Waals surface area contributed by atoms with E-state index in [1.807, 2.05) is 43.3 Å². The molecule has 0 aliphatic rings. The molecule has 0 unspecified atom stereocenters. The summed E-state index contributed by atoms with van der Waals surface area (Å²) in [6.45, 7) is 6.06. The van der Waals surface area contributed by atoms with Crippen molar-refractivity contribution in [3.05, 3.63) is 69.8 Å². The Labute approximate surface area is 160 Å². The molecule has 0 aliphatic heterocycles. The molecule has 0 radical (unpaired) electrons. The standard InChI is InChI=1S/C20H18N4O2S/c1-11-8-9-14(10-12(11)2)19-23-24-20(26-19)27-13(3)17-21-16-7-5-4-6-15(16)18(25)22-17/h4-10,13H,1-3H3,(H,21,22,25)/t13-/m1/s1. The minimum atomic E-state index is -0.149. The first-order valence-corrected chi connectivity index (χ1v) is 9.46. The molecule has 0 aliphatic carbocycles. The van der Waals surface area contributed by atoms with Crippen LogP contribution in [-0.4, -0.2) is 20.2 Å². The van der Waals surface area contributed by atoms with Crippen molar-refractivity contribution in [3.8, 4) is 11.5 Å². The number of nitrogens with zero attached hydrogens (tertiary/aromatic N) is 3. The van der Waals surface area contributed by atoms with Gasteiger partial charge in [-0.2, -0.15) is 0 Å². The van der Waals surface area contributed by atoms with Crippen LogP contribution in [0, 0.1) is 13.8 Å². The number of rotatable bonds is 4. The lowest BCUT2D eigenvalue weighted by molar-refractivity contribution is 0.465. The van der Waals surface area contributed by atoms with E-state index in [1.165, 1.54) is 22.9 Å². The molecule has 0 saturated heterocycles. The molecule has 4 aromatic rings. The molecule has 2 heterocycles. The fraction of sp³-hybridized carbons (Fsp3) is 0.200. The lowest BCUT2D eigenvalue weighted by atomic mass is 10.1. The summed E-state index contributed by atoms with van der Waals surface area (Å²) in [7, 11) is 0. The smallest absolute Gasteiger partial charge is 0.277 e. The zero-order valence-electron chi connectivity index (χ0n) is 15.2. The van der Waals surface area contributed by atoms with Crippen LogP contribution in [0.25, 0.3) is 22.4 Å². The molecule has 2 aromatic carbocycles. The predicted octanol–water partition coefficient (Wildman–Crippen LogP) is 4.44. The number of aromatic amines is 1. The van der Waals surface area contributed by atoms with Crippen LogP contribution in [0.4, 0.5) is 0 Å². The van der Waals surface area contributed by atoms with Crippen molar-refractivity contribution < 1.29 is 4.42 Å². The van der Waals surface area contributed by atoms with Crippen molar-refractivity contribution in [2.45, 2.75) is 31.2 Å². The van der Waals surface area contributed by atoms with Crippen molar-refractivity contribution >= 4 is 22.7 Å². The summed E-state index contributed by atoms with van der Waals surface area (Å²) >= 11 is 1.36. The van der Waals surface area contributed by atoms with E-state index in [-0.39, 0.29) is 10.8 Å². The van der Waals surface area contributed by atoms with E-state index < -0.39 is 0 Å². The van der Waals surface area contributed by atoms with Gasteiger partial charge in [-0.15, -0.1) is 10.2 Å². The highest BCUT2D eigenvalue weighted by atomic mass is 32.2. The number of fused-ring (bicyclic) bond motifs is 1. The first kappa shape index (κ1) is 17.5. The molecular formula is C20H18N4O2S. The van der Waals surface area contributed by atoms with E-state index in [4.69, 9.17) is 4.42 Å². The van der Waals surface area contributed by atoms with Crippen molar-refractivity contribution in [1.82, 2.24) is 20.2 Å². The van der Waals surface area contributed by atoms with Gasteiger partial charge >= 0.3 is 0 Å². The van der Waals surface area contributed by atoms with Gasteiger partial charge in [-0.05, 0) is 56.2 Å². The molecule has 0 saturated carbocycles. The number of benzene rings is 2. The number of nitrogens with one attached hydrogen (secondary N) is 1. The average molecular weight is 378 g/mol.